The molecule has 6 heteroatoms. The van der Waals surface area contributed by atoms with Crippen molar-refractivity contribution in [2.75, 3.05) is 0 Å². The van der Waals surface area contributed by atoms with E-state index in [1.165, 1.54) is 23.5 Å². The molecule has 2 heterocycles. The van der Waals surface area contributed by atoms with Crippen molar-refractivity contribution in [1.82, 2.24) is 9.78 Å². The van der Waals surface area contributed by atoms with Crippen molar-refractivity contribution in [2.24, 2.45) is 0 Å². The molecule has 0 unspecified atom stereocenters. The Morgan fingerprint density at radius 1 is 1.25 bits per heavy atom. The summed E-state index contributed by atoms with van der Waals surface area (Å²) in [4.78, 5) is 11.2. The molecular weight excluding hydrogens is 343 g/mol. The van der Waals surface area contributed by atoms with Crippen molar-refractivity contribution in [3.63, 3.8) is 0 Å². The second-order valence-corrected chi connectivity index (χ2v) is 5.70. The van der Waals surface area contributed by atoms with Crippen molar-refractivity contribution >= 4 is 33.6 Å². The molecule has 0 amide bonds. The molecule has 0 atom stereocenters. The topological polar surface area (TPSA) is 34.9 Å². The number of hydrogen-bond donors (Lipinski definition) is 0. The van der Waals surface area contributed by atoms with Crippen LogP contribution >= 0.6 is 27.3 Å². The predicted octanol–water partition coefficient (Wildman–Crippen LogP) is 4.31. The molecule has 3 aromatic rings. The first-order valence-corrected chi connectivity index (χ1v) is 7.45. The third-order valence-electron chi connectivity index (χ3n) is 2.83. The summed E-state index contributed by atoms with van der Waals surface area (Å²) in [6, 6.07) is 5.95. The van der Waals surface area contributed by atoms with E-state index in [9.17, 15) is 9.18 Å². The van der Waals surface area contributed by atoms with E-state index in [1.54, 1.807) is 23.0 Å². The molecule has 2 aromatic heterocycles. The van der Waals surface area contributed by atoms with Gasteiger partial charge in [-0.25, -0.2) is 9.07 Å². The summed E-state index contributed by atoms with van der Waals surface area (Å²) in [7, 11) is 0. The zero-order valence-corrected chi connectivity index (χ0v) is 12.5. The summed E-state index contributed by atoms with van der Waals surface area (Å²) < 4.78 is 15.4. The fourth-order valence-corrected chi connectivity index (χ4v) is 3.33. The Hall–Kier alpha value is -1.79. The van der Waals surface area contributed by atoms with Crippen LogP contribution in [0, 0.1) is 5.82 Å². The van der Waals surface area contributed by atoms with Gasteiger partial charge >= 0.3 is 0 Å². The average Bonchev–Trinajstić information content (AvgIpc) is 3.05. The van der Waals surface area contributed by atoms with Crippen molar-refractivity contribution in [2.45, 2.75) is 0 Å². The zero-order chi connectivity index (χ0) is 14.1. The van der Waals surface area contributed by atoms with Gasteiger partial charge in [0, 0.05) is 27.0 Å². The number of aldehydes is 1. The van der Waals surface area contributed by atoms with Gasteiger partial charge in [-0.1, -0.05) is 0 Å². The normalized spacial score (nSPS) is 10.7. The van der Waals surface area contributed by atoms with Gasteiger partial charge in [-0.2, -0.15) is 16.4 Å². The van der Waals surface area contributed by atoms with Crippen molar-refractivity contribution in [3.8, 4) is 16.9 Å². The molecule has 0 aliphatic carbocycles. The minimum Gasteiger partial charge on any atom is -0.298 e. The number of carbonyl (C=O) groups is 1. The molecule has 3 nitrogen and oxygen atoms in total. The van der Waals surface area contributed by atoms with Crippen LogP contribution in [0.15, 0.2) is 45.7 Å². The van der Waals surface area contributed by atoms with E-state index < -0.39 is 0 Å². The molecule has 20 heavy (non-hydrogen) atoms. The Kier molecular flexibility index (Phi) is 3.50. The molecular formula is C14H8BrFN2OS. The van der Waals surface area contributed by atoms with E-state index in [4.69, 9.17) is 0 Å². The molecule has 100 valence electrons. The van der Waals surface area contributed by atoms with Gasteiger partial charge in [0.2, 0.25) is 0 Å². The molecule has 0 fully saturated rings. The van der Waals surface area contributed by atoms with Crippen LogP contribution in [0.3, 0.4) is 0 Å². The summed E-state index contributed by atoms with van der Waals surface area (Å²) >= 11 is 4.96. The van der Waals surface area contributed by atoms with Gasteiger partial charge in [0.1, 0.15) is 11.5 Å². The number of carbonyl (C=O) groups excluding carboxylic acids is 1. The van der Waals surface area contributed by atoms with Gasteiger partial charge in [-0.3, -0.25) is 4.79 Å². The van der Waals surface area contributed by atoms with Crippen LogP contribution in [-0.2, 0) is 0 Å². The van der Waals surface area contributed by atoms with Crippen molar-refractivity contribution < 1.29 is 9.18 Å². The van der Waals surface area contributed by atoms with Crippen molar-refractivity contribution in [1.29, 1.82) is 0 Å². The van der Waals surface area contributed by atoms with Crippen LogP contribution in [0.2, 0.25) is 0 Å². The van der Waals surface area contributed by atoms with E-state index in [1.807, 2.05) is 10.8 Å². The lowest BCUT2D eigenvalue weighted by molar-refractivity contribution is 0.112. The summed E-state index contributed by atoms with van der Waals surface area (Å²) in [5.41, 5.74) is 2.68. The lowest BCUT2D eigenvalue weighted by atomic mass is 10.2. The molecule has 0 N–H and O–H groups in total. The fourth-order valence-electron chi connectivity index (χ4n) is 1.86. The highest BCUT2D eigenvalue weighted by Crippen LogP contribution is 2.32. The van der Waals surface area contributed by atoms with E-state index in [2.05, 4.69) is 21.0 Å². The lowest BCUT2D eigenvalue weighted by Gasteiger charge is -2.00. The first-order valence-electron chi connectivity index (χ1n) is 5.72. The molecule has 1 aromatic carbocycles. The van der Waals surface area contributed by atoms with Crippen LogP contribution in [0.1, 0.15) is 10.4 Å². The SMILES string of the molecule is O=Cc1cn(-c2ccc(F)cc2)nc1-c1cscc1Br. The van der Waals surface area contributed by atoms with E-state index in [0.717, 1.165) is 16.3 Å². The van der Waals surface area contributed by atoms with Gasteiger partial charge < -0.3 is 0 Å². The third-order valence-corrected chi connectivity index (χ3v) is 4.53. The van der Waals surface area contributed by atoms with Gasteiger partial charge in [0.25, 0.3) is 0 Å². The van der Waals surface area contributed by atoms with E-state index >= 15 is 0 Å². The highest BCUT2D eigenvalue weighted by Gasteiger charge is 2.14. The van der Waals surface area contributed by atoms with Crippen LogP contribution in [0.5, 0.6) is 0 Å². The first-order chi connectivity index (χ1) is 9.69. The highest BCUT2D eigenvalue weighted by atomic mass is 79.9. The van der Waals surface area contributed by atoms with Crippen LogP contribution in [0.25, 0.3) is 16.9 Å². The zero-order valence-electron chi connectivity index (χ0n) is 10.1. The minimum absolute atomic E-state index is 0.308. The van der Waals surface area contributed by atoms with Gasteiger partial charge in [0.05, 0.1) is 11.3 Å². The smallest absolute Gasteiger partial charge is 0.153 e. The Morgan fingerprint density at radius 2 is 2.00 bits per heavy atom. The van der Waals surface area contributed by atoms with Gasteiger partial charge in [-0.05, 0) is 40.2 Å². The number of hydrogen-bond acceptors (Lipinski definition) is 3. The van der Waals surface area contributed by atoms with Crippen LogP contribution in [-0.4, -0.2) is 16.1 Å². The number of halogens is 2. The number of aromatic nitrogens is 2. The number of rotatable bonds is 3. The highest BCUT2D eigenvalue weighted by molar-refractivity contribution is 9.10. The standard InChI is InChI=1S/C14H8BrFN2OS/c15-13-8-20-7-12(13)14-9(6-19)5-18(17-14)11-3-1-10(16)2-4-11/h1-8H. The van der Waals surface area contributed by atoms with E-state index in [0.29, 0.717) is 16.9 Å². The lowest BCUT2D eigenvalue weighted by Crippen LogP contribution is -1.94. The molecule has 3 rings (SSSR count). The molecule has 0 aliphatic rings. The maximum atomic E-state index is 12.9. The molecule has 0 saturated heterocycles. The minimum atomic E-state index is -0.308. The largest absolute Gasteiger partial charge is 0.298 e. The number of benzene rings is 1. The Morgan fingerprint density at radius 3 is 2.60 bits per heavy atom. The summed E-state index contributed by atoms with van der Waals surface area (Å²) in [5, 5.41) is 8.28. The third kappa shape index (κ3) is 2.32. The van der Waals surface area contributed by atoms with E-state index in [-0.39, 0.29) is 5.82 Å². The predicted molar refractivity (Wildman–Crippen MR) is 79.9 cm³/mol. The van der Waals surface area contributed by atoms with Crippen molar-refractivity contribution in [3.05, 3.63) is 57.1 Å². The summed E-state index contributed by atoms with van der Waals surface area (Å²) in [6.45, 7) is 0. The Labute approximate surface area is 126 Å². The maximum Gasteiger partial charge on any atom is 0.153 e. The first kappa shape index (κ1) is 13.2. The fraction of sp³-hybridized carbons (Fsp3) is 0. The monoisotopic (exact) mass is 350 g/mol. The average molecular weight is 351 g/mol. The van der Waals surface area contributed by atoms with Crippen LogP contribution < -0.4 is 0 Å². The molecule has 0 aliphatic heterocycles. The molecule has 0 bridgehead atoms. The second kappa shape index (κ2) is 5.30. The number of thiophene rings is 1. The summed E-state index contributed by atoms with van der Waals surface area (Å²) in [5.74, 6) is -0.308. The summed E-state index contributed by atoms with van der Waals surface area (Å²) in [6.07, 6.45) is 2.41. The molecule has 0 radical (unpaired) electrons. The van der Waals surface area contributed by atoms with Gasteiger partial charge in [0.15, 0.2) is 6.29 Å². The second-order valence-electron chi connectivity index (χ2n) is 4.11. The Bertz CT molecular complexity index is 764. The molecule has 0 saturated carbocycles. The maximum absolute atomic E-state index is 12.9. The van der Waals surface area contributed by atoms with Crippen LogP contribution in [0.4, 0.5) is 4.39 Å². The molecule has 0 spiro atoms. The Balaban J connectivity index is 2.12. The quantitative estimate of drug-likeness (QED) is 0.659. The number of nitrogens with zero attached hydrogens (tertiary/aromatic N) is 2. The van der Waals surface area contributed by atoms with Gasteiger partial charge in [-0.15, -0.1) is 0 Å².